The van der Waals surface area contributed by atoms with Crippen molar-refractivity contribution in [3.05, 3.63) is 48.3 Å². The maximum Gasteiger partial charge on any atom is 0.306 e. The summed E-state index contributed by atoms with van der Waals surface area (Å²) in [4.78, 5) is 21.0. The van der Waals surface area contributed by atoms with Gasteiger partial charge in [0.1, 0.15) is 23.1 Å². The molecule has 1 aliphatic carbocycles. The van der Waals surface area contributed by atoms with Gasteiger partial charge in [0, 0.05) is 17.5 Å². The number of hydrogen-bond acceptors (Lipinski definition) is 6. The van der Waals surface area contributed by atoms with Crippen LogP contribution in [0.2, 0.25) is 0 Å². The van der Waals surface area contributed by atoms with Crippen LogP contribution >= 0.6 is 0 Å². The second-order valence-electron chi connectivity index (χ2n) is 10.9. The second kappa shape index (κ2) is 11.3. The predicted octanol–water partition coefficient (Wildman–Crippen LogP) is 7.76. The highest BCUT2D eigenvalue weighted by Crippen LogP contribution is 2.44. The number of esters is 1. The molecular weight excluding hydrogens is 452 g/mol. The molecule has 6 heteroatoms. The largest absolute Gasteiger partial charge is 0.474 e. The van der Waals surface area contributed by atoms with E-state index in [9.17, 15) is 4.79 Å². The summed E-state index contributed by atoms with van der Waals surface area (Å²) in [5, 5.41) is 0.845. The van der Waals surface area contributed by atoms with Crippen molar-refractivity contribution in [2.45, 2.75) is 91.3 Å². The average Bonchev–Trinajstić information content (AvgIpc) is 3.22. The highest BCUT2D eigenvalue weighted by Gasteiger charge is 2.26. The Morgan fingerprint density at radius 3 is 2.64 bits per heavy atom. The summed E-state index contributed by atoms with van der Waals surface area (Å²) in [5.74, 6) is 1.90. The zero-order valence-corrected chi connectivity index (χ0v) is 22.2. The molecule has 3 aromatic rings. The van der Waals surface area contributed by atoms with Crippen molar-refractivity contribution in [3.63, 3.8) is 0 Å². The van der Waals surface area contributed by atoms with Crippen LogP contribution in [0.1, 0.15) is 85.1 Å². The van der Waals surface area contributed by atoms with E-state index in [2.05, 4.69) is 35.1 Å². The number of furan rings is 1. The summed E-state index contributed by atoms with van der Waals surface area (Å²) in [6.45, 7) is 10.0. The number of nitrogens with zero attached hydrogens (tertiary/aromatic N) is 2. The van der Waals surface area contributed by atoms with Crippen molar-refractivity contribution in [2.24, 2.45) is 5.92 Å². The Kier molecular flexibility index (Phi) is 8.12. The van der Waals surface area contributed by atoms with Crippen LogP contribution in [-0.2, 0) is 9.53 Å². The Morgan fingerprint density at radius 1 is 1.17 bits per heavy atom. The van der Waals surface area contributed by atoms with E-state index in [1.165, 1.54) is 11.9 Å². The fourth-order valence-electron chi connectivity index (χ4n) is 4.63. The molecule has 0 N–H and O–H groups in total. The zero-order chi connectivity index (χ0) is 25.7. The third-order valence-electron chi connectivity index (χ3n) is 6.46. The smallest absolute Gasteiger partial charge is 0.306 e. The van der Waals surface area contributed by atoms with E-state index in [0.29, 0.717) is 23.9 Å². The normalized spacial score (nSPS) is 17.0. The molecule has 36 heavy (non-hydrogen) atoms. The molecule has 0 radical (unpaired) electrons. The molecule has 4 rings (SSSR count). The number of unbranched alkanes of at least 4 members (excludes halogenated alkanes) is 1. The summed E-state index contributed by atoms with van der Waals surface area (Å²) >= 11 is 0. The molecule has 1 aliphatic rings. The van der Waals surface area contributed by atoms with Crippen molar-refractivity contribution in [1.82, 2.24) is 9.97 Å². The van der Waals surface area contributed by atoms with E-state index < -0.39 is 5.60 Å². The van der Waals surface area contributed by atoms with Gasteiger partial charge in [-0.2, -0.15) is 0 Å². The molecule has 0 bridgehead atoms. The van der Waals surface area contributed by atoms with Gasteiger partial charge in [-0.3, -0.25) is 4.79 Å². The fraction of sp³-hybridized carbons (Fsp3) is 0.500. The number of allylic oxidation sites excluding steroid dienone is 2. The molecule has 0 spiro atoms. The molecule has 2 heterocycles. The Labute approximate surface area is 214 Å². The molecule has 2 aromatic heterocycles. The predicted molar refractivity (Wildman–Crippen MR) is 143 cm³/mol. The van der Waals surface area contributed by atoms with Gasteiger partial charge in [-0.05, 0) is 77.7 Å². The number of fused-ring (bicyclic) bond motifs is 1. The molecule has 0 fully saturated rings. The van der Waals surface area contributed by atoms with E-state index >= 15 is 0 Å². The first-order chi connectivity index (χ1) is 17.2. The average molecular weight is 491 g/mol. The Balaban J connectivity index is 1.54. The zero-order valence-electron chi connectivity index (χ0n) is 22.2. The molecule has 1 aromatic carbocycles. The minimum Gasteiger partial charge on any atom is -0.474 e. The van der Waals surface area contributed by atoms with Gasteiger partial charge in [0.05, 0.1) is 6.10 Å². The number of rotatable bonds is 9. The summed E-state index contributed by atoms with van der Waals surface area (Å²) in [6, 6.07) is 10.2. The molecule has 0 aliphatic heterocycles. The first-order valence-electron chi connectivity index (χ1n) is 13.1. The Morgan fingerprint density at radius 2 is 1.94 bits per heavy atom. The summed E-state index contributed by atoms with van der Waals surface area (Å²) in [7, 11) is 0. The van der Waals surface area contributed by atoms with Crippen LogP contribution in [0.15, 0.2) is 47.2 Å². The van der Waals surface area contributed by atoms with Crippen molar-refractivity contribution >= 4 is 22.6 Å². The summed E-state index contributed by atoms with van der Waals surface area (Å²) in [6.07, 6.45) is 9.82. The van der Waals surface area contributed by atoms with Crippen molar-refractivity contribution in [1.29, 1.82) is 0 Å². The first-order valence-corrected chi connectivity index (χ1v) is 13.1. The fourth-order valence-corrected chi connectivity index (χ4v) is 4.63. The van der Waals surface area contributed by atoms with E-state index in [1.54, 1.807) is 0 Å². The molecule has 0 saturated heterocycles. The van der Waals surface area contributed by atoms with E-state index in [0.717, 1.165) is 60.8 Å². The molecule has 192 valence electrons. The topological polar surface area (TPSA) is 74.5 Å². The highest BCUT2D eigenvalue weighted by atomic mass is 16.6. The van der Waals surface area contributed by atoms with Crippen LogP contribution < -0.4 is 4.74 Å². The lowest BCUT2D eigenvalue weighted by atomic mass is 9.86. The lowest BCUT2D eigenvalue weighted by Gasteiger charge is -2.20. The van der Waals surface area contributed by atoms with Crippen LogP contribution in [0, 0.1) is 5.92 Å². The molecule has 6 nitrogen and oxygen atoms in total. The van der Waals surface area contributed by atoms with Crippen LogP contribution in [0.3, 0.4) is 0 Å². The van der Waals surface area contributed by atoms with Gasteiger partial charge in [-0.1, -0.05) is 43.3 Å². The van der Waals surface area contributed by atoms with E-state index in [-0.39, 0.29) is 12.1 Å². The van der Waals surface area contributed by atoms with Crippen LogP contribution in [-0.4, -0.2) is 27.6 Å². The molecule has 0 amide bonds. The molecule has 0 saturated carbocycles. The lowest BCUT2D eigenvalue weighted by molar-refractivity contribution is -0.154. The Hall–Kier alpha value is -3.15. The van der Waals surface area contributed by atoms with Crippen molar-refractivity contribution < 1.29 is 18.7 Å². The quantitative estimate of drug-likeness (QED) is 0.225. The number of carbonyl (C=O) groups is 1. The van der Waals surface area contributed by atoms with Crippen LogP contribution in [0.5, 0.6) is 5.88 Å². The number of hydrogen-bond donors (Lipinski definition) is 0. The second-order valence-corrected chi connectivity index (χ2v) is 10.9. The number of benzene rings is 1. The van der Waals surface area contributed by atoms with Gasteiger partial charge in [0.25, 0.3) is 0 Å². The molecular formula is C30H38N2O4. The standard InChI is InChI=1S/C30H38N2O4/c1-20-15-17-22(18-16-20)25-26-28(34-21(2)11-9-10-14-24(33)36-30(3,4)5)31-19-32-29(26)35-27(25)23-12-7-6-8-13-23/h6-8,12-13,17,19-21H,9-11,14-16,18H2,1-5H3/t20?,21-/m1/s1. The van der Waals surface area contributed by atoms with Crippen LogP contribution in [0.25, 0.3) is 28.0 Å². The lowest BCUT2D eigenvalue weighted by Crippen LogP contribution is -2.23. The Bertz CT molecular complexity index is 1210. The number of ether oxygens (including phenoxy) is 2. The maximum absolute atomic E-state index is 12.0. The van der Waals surface area contributed by atoms with Crippen molar-refractivity contribution in [2.75, 3.05) is 0 Å². The van der Waals surface area contributed by atoms with E-state index in [4.69, 9.17) is 13.9 Å². The minimum atomic E-state index is -0.446. The van der Waals surface area contributed by atoms with Crippen molar-refractivity contribution in [3.8, 4) is 17.2 Å². The van der Waals surface area contributed by atoms with E-state index in [1.807, 2.05) is 45.9 Å². The number of carbonyl (C=O) groups excluding carboxylic acids is 1. The first kappa shape index (κ1) is 25.9. The number of aromatic nitrogens is 2. The van der Waals surface area contributed by atoms with Gasteiger partial charge in [0.2, 0.25) is 11.6 Å². The monoisotopic (exact) mass is 490 g/mol. The van der Waals surface area contributed by atoms with Gasteiger partial charge in [-0.15, -0.1) is 0 Å². The van der Waals surface area contributed by atoms with Crippen LogP contribution in [0.4, 0.5) is 0 Å². The maximum atomic E-state index is 12.0. The third kappa shape index (κ3) is 6.54. The summed E-state index contributed by atoms with van der Waals surface area (Å²) in [5.41, 5.74) is 3.45. The SMILES string of the molecule is CC1CC=C(c2c(-c3ccccc3)oc3ncnc(O[C@H](C)CCCCC(=O)OC(C)(C)C)c23)CC1. The third-order valence-corrected chi connectivity index (χ3v) is 6.46. The summed E-state index contributed by atoms with van der Waals surface area (Å²) < 4.78 is 18.1. The molecule has 2 atom stereocenters. The van der Waals surface area contributed by atoms with Gasteiger partial charge in [0.15, 0.2) is 0 Å². The minimum absolute atomic E-state index is 0.0648. The highest BCUT2D eigenvalue weighted by molar-refractivity contribution is 5.99. The van der Waals surface area contributed by atoms with Gasteiger partial charge < -0.3 is 13.9 Å². The van der Waals surface area contributed by atoms with Gasteiger partial charge >= 0.3 is 5.97 Å². The molecule has 1 unspecified atom stereocenters. The van der Waals surface area contributed by atoms with Gasteiger partial charge in [-0.25, -0.2) is 9.97 Å².